The SMILES string of the molecule is CC(=O)c1c(C)[nH]c(C(=O)CN(C)CC(=O)Nc2ccccc2Br)c1C. The van der Waals surface area contributed by atoms with E-state index in [1.165, 1.54) is 6.92 Å². The number of rotatable bonds is 7. The van der Waals surface area contributed by atoms with Gasteiger partial charge in [0.2, 0.25) is 5.91 Å². The third-order valence-corrected chi connectivity index (χ3v) is 4.73. The van der Waals surface area contributed by atoms with E-state index in [9.17, 15) is 14.4 Å². The number of aromatic amines is 1. The number of Topliss-reactive ketones (excluding diaryl/α,β-unsaturated/α-hetero) is 2. The number of anilines is 1. The van der Waals surface area contributed by atoms with Crippen LogP contribution < -0.4 is 5.32 Å². The van der Waals surface area contributed by atoms with Gasteiger partial charge in [0.1, 0.15) is 0 Å². The van der Waals surface area contributed by atoms with Gasteiger partial charge in [-0.15, -0.1) is 0 Å². The maximum absolute atomic E-state index is 12.5. The third kappa shape index (κ3) is 4.68. The molecule has 1 amide bonds. The lowest BCUT2D eigenvalue weighted by molar-refractivity contribution is -0.116. The van der Waals surface area contributed by atoms with Crippen molar-refractivity contribution >= 4 is 39.1 Å². The van der Waals surface area contributed by atoms with Crippen LogP contribution >= 0.6 is 15.9 Å². The summed E-state index contributed by atoms with van der Waals surface area (Å²) in [4.78, 5) is 41.0. The van der Waals surface area contributed by atoms with Gasteiger partial charge in [0.05, 0.1) is 24.5 Å². The Hall–Kier alpha value is -2.25. The zero-order valence-electron chi connectivity index (χ0n) is 15.3. The Balaban J connectivity index is 1.99. The standard InChI is InChI=1S/C19H22BrN3O3/c1-11-18(13(3)24)12(2)21-19(11)16(25)9-23(4)10-17(26)22-15-8-6-5-7-14(15)20/h5-8,21H,9-10H2,1-4H3,(H,22,26). The highest BCUT2D eigenvalue weighted by Gasteiger charge is 2.21. The molecule has 0 saturated heterocycles. The molecule has 0 spiro atoms. The van der Waals surface area contributed by atoms with Crippen molar-refractivity contribution in [2.24, 2.45) is 0 Å². The summed E-state index contributed by atoms with van der Waals surface area (Å²) in [6.45, 7) is 5.16. The minimum Gasteiger partial charge on any atom is -0.355 e. The molecule has 0 unspecified atom stereocenters. The van der Waals surface area contributed by atoms with Gasteiger partial charge < -0.3 is 10.3 Å². The van der Waals surface area contributed by atoms with Gasteiger partial charge in [0.25, 0.3) is 0 Å². The van der Waals surface area contributed by atoms with Crippen LogP contribution in [0.4, 0.5) is 5.69 Å². The number of H-pyrrole nitrogens is 1. The molecule has 0 saturated carbocycles. The van der Waals surface area contributed by atoms with Crippen LogP contribution in [-0.2, 0) is 4.79 Å². The van der Waals surface area contributed by atoms with Crippen molar-refractivity contribution in [3.05, 3.63) is 51.3 Å². The summed E-state index contributed by atoms with van der Waals surface area (Å²) in [7, 11) is 1.70. The second-order valence-corrected chi connectivity index (χ2v) is 7.16. The van der Waals surface area contributed by atoms with E-state index in [0.717, 1.165) is 4.47 Å². The summed E-state index contributed by atoms with van der Waals surface area (Å²) >= 11 is 3.38. The van der Waals surface area contributed by atoms with E-state index in [0.29, 0.717) is 28.2 Å². The number of hydrogen-bond acceptors (Lipinski definition) is 4. The fourth-order valence-corrected chi connectivity index (χ4v) is 3.32. The Morgan fingerprint density at radius 2 is 1.81 bits per heavy atom. The molecule has 0 atom stereocenters. The van der Waals surface area contributed by atoms with E-state index in [2.05, 4.69) is 26.2 Å². The van der Waals surface area contributed by atoms with Gasteiger partial charge >= 0.3 is 0 Å². The number of nitrogens with zero attached hydrogens (tertiary/aromatic N) is 1. The minimum atomic E-state index is -0.212. The number of para-hydroxylation sites is 1. The zero-order valence-corrected chi connectivity index (χ0v) is 16.9. The van der Waals surface area contributed by atoms with Crippen LogP contribution in [0.15, 0.2) is 28.7 Å². The number of likely N-dealkylation sites (N-methyl/N-ethyl adjacent to an activating group) is 1. The number of aromatic nitrogens is 1. The van der Waals surface area contributed by atoms with E-state index >= 15 is 0 Å². The van der Waals surface area contributed by atoms with Crippen LogP contribution in [0.5, 0.6) is 0 Å². The molecule has 0 radical (unpaired) electrons. The van der Waals surface area contributed by atoms with Gasteiger partial charge in [0, 0.05) is 15.7 Å². The van der Waals surface area contributed by atoms with E-state index in [4.69, 9.17) is 0 Å². The molecule has 26 heavy (non-hydrogen) atoms. The first-order valence-corrected chi connectivity index (χ1v) is 8.96. The van der Waals surface area contributed by atoms with Gasteiger partial charge in [-0.05, 0) is 61.4 Å². The van der Waals surface area contributed by atoms with E-state index in [1.54, 1.807) is 31.9 Å². The molecule has 7 heteroatoms. The number of nitrogens with one attached hydrogen (secondary N) is 2. The van der Waals surface area contributed by atoms with Crippen molar-refractivity contribution in [2.45, 2.75) is 20.8 Å². The molecule has 0 aliphatic carbocycles. The smallest absolute Gasteiger partial charge is 0.238 e. The normalized spacial score (nSPS) is 10.8. The molecule has 0 fully saturated rings. The summed E-state index contributed by atoms with van der Waals surface area (Å²) in [6, 6.07) is 7.32. The van der Waals surface area contributed by atoms with Gasteiger partial charge in [-0.1, -0.05) is 12.1 Å². The predicted molar refractivity (Wildman–Crippen MR) is 105 cm³/mol. The molecule has 1 aromatic carbocycles. The first-order valence-electron chi connectivity index (χ1n) is 8.17. The van der Waals surface area contributed by atoms with Gasteiger partial charge in [0.15, 0.2) is 11.6 Å². The van der Waals surface area contributed by atoms with Crippen LogP contribution in [0.25, 0.3) is 0 Å². The Morgan fingerprint density at radius 1 is 1.15 bits per heavy atom. The predicted octanol–water partition coefficient (Wildman–Crippen LogP) is 3.35. The summed E-state index contributed by atoms with van der Waals surface area (Å²) in [5, 5.41) is 2.80. The fourth-order valence-electron chi connectivity index (χ4n) is 2.93. The van der Waals surface area contributed by atoms with E-state index in [1.807, 2.05) is 18.2 Å². The van der Waals surface area contributed by atoms with Crippen molar-refractivity contribution < 1.29 is 14.4 Å². The molecular formula is C19H22BrN3O3. The molecule has 2 N–H and O–H groups in total. The molecule has 138 valence electrons. The summed E-state index contributed by atoms with van der Waals surface area (Å²) in [6.07, 6.45) is 0. The van der Waals surface area contributed by atoms with E-state index < -0.39 is 0 Å². The fraction of sp³-hybridized carbons (Fsp3) is 0.316. The average molecular weight is 420 g/mol. The average Bonchev–Trinajstić information content (AvgIpc) is 2.84. The Kier molecular flexibility index (Phi) is 6.50. The number of hydrogen-bond donors (Lipinski definition) is 2. The Bertz CT molecular complexity index is 858. The van der Waals surface area contributed by atoms with Crippen molar-refractivity contribution in [1.29, 1.82) is 0 Å². The number of carbonyl (C=O) groups excluding carboxylic acids is 3. The highest BCUT2D eigenvalue weighted by molar-refractivity contribution is 9.10. The molecule has 0 aliphatic heterocycles. The van der Waals surface area contributed by atoms with Crippen molar-refractivity contribution in [2.75, 3.05) is 25.5 Å². The highest BCUT2D eigenvalue weighted by atomic mass is 79.9. The first-order chi connectivity index (χ1) is 12.2. The monoisotopic (exact) mass is 419 g/mol. The number of carbonyl (C=O) groups is 3. The quantitative estimate of drug-likeness (QED) is 0.674. The van der Waals surface area contributed by atoms with Crippen LogP contribution in [0.1, 0.15) is 39.0 Å². The Morgan fingerprint density at radius 3 is 2.38 bits per heavy atom. The second-order valence-electron chi connectivity index (χ2n) is 6.30. The maximum Gasteiger partial charge on any atom is 0.238 e. The Labute approximate surface area is 161 Å². The molecule has 0 aliphatic rings. The summed E-state index contributed by atoms with van der Waals surface area (Å²) in [5.41, 5.74) is 3.01. The molecule has 0 bridgehead atoms. The van der Waals surface area contributed by atoms with Gasteiger partial charge in [-0.2, -0.15) is 0 Å². The van der Waals surface area contributed by atoms with Crippen LogP contribution in [0, 0.1) is 13.8 Å². The molecule has 1 aromatic heterocycles. The molecule has 2 aromatic rings. The highest BCUT2D eigenvalue weighted by Crippen LogP contribution is 2.21. The number of benzene rings is 1. The minimum absolute atomic E-state index is 0.0709. The third-order valence-electron chi connectivity index (χ3n) is 4.04. The van der Waals surface area contributed by atoms with Crippen LogP contribution in [0.3, 0.4) is 0 Å². The van der Waals surface area contributed by atoms with E-state index in [-0.39, 0.29) is 30.6 Å². The summed E-state index contributed by atoms with van der Waals surface area (Å²) in [5.74, 6) is -0.443. The van der Waals surface area contributed by atoms with Crippen LogP contribution in [0.2, 0.25) is 0 Å². The largest absolute Gasteiger partial charge is 0.355 e. The lowest BCUT2D eigenvalue weighted by atomic mass is 10.1. The number of ketones is 2. The molecule has 6 nitrogen and oxygen atoms in total. The number of halogens is 1. The molecular weight excluding hydrogens is 398 g/mol. The number of aryl methyl sites for hydroxylation is 1. The topological polar surface area (TPSA) is 82.3 Å². The van der Waals surface area contributed by atoms with Crippen LogP contribution in [-0.4, -0.2) is 47.5 Å². The first kappa shape index (κ1) is 20.1. The maximum atomic E-state index is 12.5. The number of amides is 1. The van der Waals surface area contributed by atoms with Crippen molar-refractivity contribution in [1.82, 2.24) is 9.88 Å². The molecule has 1 heterocycles. The van der Waals surface area contributed by atoms with Crippen molar-refractivity contribution in [3.63, 3.8) is 0 Å². The second kappa shape index (κ2) is 8.42. The summed E-state index contributed by atoms with van der Waals surface area (Å²) < 4.78 is 0.793. The zero-order chi connectivity index (χ0) is 19.4. The van der Waals surface area contributed by atoms with Gasteiger partial charge in [-0.25, -0.2) is 0 Å². The van der Waals surface area contributed by atoms with Gasteiger partial charge in [-0.3, -0.25) is 19.3 Å². The lowest BCUT2D eigenvalue weighted by Gasteiger charge is -2.16. The molecule has 2 rings (SSSR count). The van der Waals surface area contributed by atoms with Crippen molar-refractivity contribution in [3.8, 4) is 0 Å². The lowest BCUT2D eigenvalue weighted by Crippen LogP contribution is -2.34.